The molecule has 8 heteroatoms. The Kier molecular flexibility index (Phi) is 4.22. The monoisotopic (exact) mass is 348 g/mol. The maximum atomic E-state index is 5.98. The second-order valence-corrected chi connectivity index (χ2v) is 6.10. The van der Waals surface area contributed by atoms with Crippen molar-refractivity contribution in [2.75, 3.05) is 47.4 Å². The van der Waals surface area contributed by atoms with Crippen molar-refractivity contribution in [3.05, 3.63) is 48.9 Å². The van der Waals surface area contributed by atoms with Gasteiger partial charge in [-0.05, 0) is 18.2 Å². The predicted molar refractivity (Wildman–Crippen MR) is 103 cm³/mol. The van der Waals surface area contributed by atoms with Crippen LogP contribution in [0.15, 0.2) is 48.9 Å². The Morgan fingerprint density at radius 2 is 1.58 bits per heavy atom. The number of hydrogen-bond donors (Lipinski definition) is 2. The number of rotatable bonds is 3. The lowest BCUT2D eigenvalue weighted by Gasteiger charge is -2.37. The van der Waals surface area contributed by atoms with E-state index < -0.39 is 0 Å². The number of aromatic nitrogens is 4. The molecule has 1 fully saturated rings. The van der Waals surface area contributed by atoms with Crippen molar-refractivity contribution < 1.29 is 0 Å². The topological polar surface area (TPSA) is 110 Å². The zero-order valence-electron chi connectivity index (χ0n) is 14.3. The summed E-state index contributed by atoms with van der Waals surface area (Å²) in [6.45, 7) is 3.43. The Morgan fingerprint density at radius 1 is 0.846 bits per heavy atom. The van der Waals surface area contributed by atoms with Crippen molar-refractivity contribution in [1.82, 2.24) is 19.9 Å². The van der Waals surface area contributed by atoms with Crippen LogP contribution in [0.25, 0.3) is 11.4 Å². The van der Waals surface area contributed by atoms with Crippen LogP contribution in [-0.2, 0) is 0 Å². The molecule has 1 aromatic carbocycles. The van der Waals surface area contributed by atoms with Crippen LogP contribution in [0.1, 0.15) is 0 Å². The molecule has 4 rings (SSSR count). The third kappa shape index (κ3) is 3.21. The Hall–Kier alpha value is -3.42. The first-order valence-corrected chi connectivity index (χ1v) is 8.46. The Balaban J connectivity index is 1.48. The zero-order valence-corrected chi connectivity index (χ0v) is 14.3. The van der Waals surface area contributed by atoms with Gasteiger partial charge in [-0.2, -0.15) is 4.98 Å². The van der Waals surface area contributed by atoms with Gasteiger partial charge in [0, 0.05) is 49.8 Å². The van der Waals surface area contributed by atoms with E-state index >= 15 is 0 Å². The number of anilines is 4. The third-order valence-electron chi connectivity index (χ3n) is 4.47. The van der Waals surface area contributed by atoms with Crippen LogP contribution in [-0.4, -0.2) is 46.1 Å². The molecule has 0 amide bonds. The van der Waals surface area contributed by atoms with Gasteiger partial charge in [-0.1, -0.05) is 12.1 Å². The molecule has 0 atom stereocenters. The van der Waals surface area contributed by atoms with Crippen molar-refractivity contribution >= 4 is 23.1 Å². The third-order valence-corrected chi connectivity index (χ3v) is 4.47. The Bertz CT molecular complexity index is 891. The van der Waals surface area contributed by atoms with Crippen molar-refractivity contribution in [2.45, 2.75) is 0 Å². The normalized spacial score (nSPS) is 14.5. The molecule has 1 saturated heterocycles. The molecule has 1 aliphatic heterocycles. The van der Waals surface area contributed by atoms with E-state index in [4.69, 9.17) is 11.5 Å². The lowest BCUT2D eigenvalue weighted by Crippen LogP contribution is -2.46. The van der Waals surface area contributed by atoms with Gasteiger partial charge in [0.1, 0.15) is 0 Å². The molecule has 1 aliphatic rings. The first kappa shape index (κ1) is 16.1. The molecule has 3 heterocycles. The molecule has 0 radical (unpaired) electrons. The first-order chi connectivity index (χ1) is 12.7. The summed E-state index contributed by atoms with van der Waals surface area (Å²) in [5.41, 5.74) is 14.6. The summed E-state index contributed by atoms with van der Waals surface area (Å²) in [5.74, 6) is 1.36. The molecule has 132 valence electrons. The maximum Gasteiger partial charge on any atom is 0.222 e. The molecule has 26 heavy (non-hydrogen) atoms. The minimum atomic E-state index is 0.199. The molecule has 4 N–H and O–H groups in total. The molecule has 0 saturated carbocycles. The highest BCUT2D eigenvalue weighted by Gasteiger charge is 2.20. The van der Waals surface area contributed by atoms with Gasteiger partial charge in [-0.3, -0.25) is 0 Å². The molecule has 2 aromatic heterocycles. The highest BCUT2D eigenvalue weighted by molar-refractivity contribution is 5.66. The van der Waals surface area contributed by atoms with E-state index in [0.717, 1.165) is 48.9 Å². The molecule has 0 spiro atoms. The molecular weight excluding hydrogens is 328 g/mol. The van der Waals surface area contributed by atoms with E-state index in [2.05, 4.69) is 41.9 Å². The second kappa shape index (κ2) is 6.83. The average molecular weight is 348 g/mol. The molecule has 0 aliphatic carbocycles. The fourth-order valence-electron chi connectivity index (χ4n) is 3.14. The summed E-state index contributed by atoms with van der Waals surface area (Å²) < 4.78 is 0. The average Bonchev–Trinajstić information content (AvgIpc) is 2.69. The maximum absolute atomic E-state index is 5.98. The van der Waals surface area contributed by atoms with E-state index in [1.165, 1.54) is 0 Å². The van der Waals surface area contributed by atoms with Gasteiger partial charge < -0.3 is 21.3 Å². The quantitative estimate of drug-likeness (QED) is 0.731. The van der Waals surface area contributed by atoms with Crippen LogP contribution in [0.4, 0.5) is 23.1 Å². The Morgan fingerprint density at radius 3 is 2.31 bits per heavy atom. The minimum absolute atomic E-state index is 0.199. The number of hydrogen-bond acceptors (Lipinski definition) is 8. The van der Waals surface area contributed by atoms with Crippen molar-refractivity contribution in [3.63, 3.8) is 0 Å². The number of nitrogens with zero attached hydrogens (tertiary/aromatic N) is 6. The standard InChI is InChI=1S/C18H20N8/c19-16-15(12-23-18(20)24-16)26-9-7-25(8-10-26)14-4-1-3-13(11-14)17-21-5-2-6-22-17/h1-6,11-12H,7-10H2,(H4,19,20,23,24). The van der Waals surface area contributed by atoms with Gasteiger partial charge in [0.05, 0.1) is 11.9 Å². The summed E-state index contributed by atoms with van der Waals surface area (Å²) in [4.78, 5) is 21.3. The number of piperazine rings is 1. The van der Waals surface area contributed by atoms with Gasteiger partial charge in [0.2, 0.25) is 5.95 Å². The van der Waals surface area contributed by atoms with Crippen LogP contribution in [0.5, 0.6) is 0 Å². The molecule has 8 nitrogen and oxygen atoms in total. The molecular formula is C18H20N8. The molecule has 0 bridgehead atoms. The van der Waals surface area contributed by atoms with E-state index in [1.807, 2.05) is 18.2 Å². The van der Waals surface area contributed by atoms with Gasteiger partial charge in [-0.15, -0.1) is 0 Å². The summed E-state index contributed by atoms with van der Waals surface area (Å²) in [6.07, 6.45) is 5.21. The van der Waals surface area contributed by atoms with Crippen LogP contribution in [0, 0.1) is 0 Å². The smallest absolute Gasteiger partial charge is 0.222 e. The summed E-state index contributed by atoms with van der Waals surface area (Å²) in [5, 5.41) is 0. The van der Waals surface area contributed by atoms with Crippen LogP contribution < -0.4 is 21.3 Å². The largest absolute Gasteiger partial charge is 0.382 e. The van der Waals surface area contributed by atoms with Crippen LogP contribution in [0.3, 0.4) is 0 Å². The minimum Gasteiger partial charge on any atom is -0.382 e. The van der Waals surface area contributed by atoms with E-state index in [-0.39, 0.29) is 5.95 Å². The van der Waals surface area contributed by atoms with Gasteiger partial charge >= 0.3 is 0 Å². The summed E-state index contributed by atoms with van der Waals surface area (Å²) in [6, 6.07) is 10.1. The van der Waals surface area contributed by atoms with E-state index in [0.29, 0.717) is 5.82 Å². The molecule has 3 aromatic rings. The fourth-order valence-corrected chi connectivity index (χ4v) is 3.14. The highest BCUT2D eigenvalue weighted by atomic mass is 15.3. The summed E-state index contributed by atoms with van der Waals surface area (Å²) >= 11 is 0. The number of nitrogens with two attached hydrogens (primary N) is 2. The lowest BCUT2D eigenvalue weighted by molar-refractivity contribution is 0.652. The zero-order chi connectivity index (χ0) is 17.9. The SMILES string of the molecule is Nc1ncc(N2CCN(c3cccc(-c4ncccn4)c3)CC2)c(N)n1. The van der Waals surface area contributed by atoms with Crippen LogP contribution in [0.2, 0.25) is 0 Å². The lowest BCUT2D eigenvalue weighted by atomic mass is 10.1. The van der Waals surface area contributed by atoms with E-state index in [9.17, 15) is 0 Å². The first-order valence-electron chi connectivity index (χ1n) is 8.46. The van der Waals surface area contributed by atoms with Gasteiger partial charge in [-0.25, -0.2) is 15.0 Å². The second-order valence-electron chi connectivity index (χ2n) is 6.10. The van der Waals surface area contributed by atoms with Crippen LogP contribution >= 0.6 is 0 Å². The highest BCUT2D eigenvalue weighted by Crippen LogP contribution is 2.26. The number of nitrogen functional groups attached to an aromatic ring is 2. The Labute approximate surface area is 151 Å². The molecule has 0 unspecified atom stereocenters. The van der Waals surface area contributed by atoms with E-state index in [1.54, 1.807) is 18.6 Å². The fraction of sp³-hybridized carbons (Fsp3) is 0.222. The van der Waals surface area contributed by atoms with Gasteiger partial charge in [0.25, 0.3) is 0 Å². The summed E-state index contributed by atoms with van der Waals surface area (Å²) in [7, 11) is 0. The van der Waals surface area contributed by atoms with Crippen molar-refractivity contribution in [1.29, 1.82) is 0 Å². The predicted octanol–water partition coefficient (Wildman–Crippen LogP) is 1.42. The van der Waals surface area contributed by atoms with Crippen molar-refractivity contribution in [3.8, 4) is 11.4 Å². The van der Waals surface area contributed by atoms with Crippen molar-refractivity contribution in [2.24, 2.45) is 0 Å². The van der Waals surface area contributed by atoms with Gasteiger partial charge in [0.15, 0.2) is 11.6 Å². The number of benzene rings is 1.